The number of aliphatic hydroxyl groups excluding tert-OH is 1. The number of nitrogens with zero attached hydrogens (tertiary/aromatic N) is 2. The van der Waals surface area contributed by atoms with Crippen LogP contribution in [-0.2, 0) is 6.42 Å². The topological polar surface area (TPSA) is 48.4 Å². The van der Waals surface area contributed by atoms with Gasteiger partial charge in [-0.1, -0.05) is 6.07 Å². The maximum atomic E-state index is 8.88. The molecule has 4 heteroatoms. The molecule has 3 rings (SSSR count). The highest BCUT2D eigenvalue weighted by Crippen LogP contribution is 2.31. The van der Waals surface area contributed by atoms with Crippen molar-refractivity contribution in [2.75, 3.05) is 37.0 Å². The Bertz CT molecular complexity index is 627. The van der Waals surface area contributed by atoms with Crippen molar-refractivity contribution in [2.45, 2.75) is 12.8 Å². The Balaban J connectivity index is 1.90. The van der Waals surface area contributed by atoms with E-state index in [0.717, 1.165) is 24.2 Å². The van der Waals surface area contributed by atoms with Crippen LogP contribution in [0.15, 0.2) is 36.7 Å². The fourth-order valence-corrected chi connectivity index (χ4v) is 2.86. The maximum absolute atomic E-state index is 8.88. The molecule has 110 valence electrons. The van der Waals surface area contributed by atoms with E-state index in [1.165, 1.54) is 23.2 Å². The summed E-state index contributed by atoms with van der Waals surface area (Å²) in [6, 6.07) is 8.72. The van der Waals surface area contributed by atoms with Gasteiger partial charge in [0, 0.05) is 43.8 Å². The van der Waals surface area contributed by atoms with Crippen LogP contribution in [0.1, 0.15) is 12.0 Å². The van der Waals surface area contributed by atoms with E-state index in [1.807, 2.05) is 6.20 Å². The fourth-order valence-electron chi connectivity index (χ4n) is 2.86. The lowest BCUT2D eigenvalue weighted by Gasteiger charge is -2.27. The van der Waals surface area contributed by atoms with Crippen LogP contribution >= 0.6 is 0 Å². The summed E-state index contributed by atoms with van der Waals surface area (Å²) >= 11 is 0. The Morgan fingerprint density at radius 1 is 1.24 bits per heavy atom. The van der Waals surface area contributed by atoms with E-state index in [9.17, 15) is 0 Å². The van der Waals surface area contributed by atoms with Crippen LogP contribution in [0.5, 0.6) is 0 Å². The Morgan fingerprint density at radius 3 is 3.00 bits per heavy atom. The molecule has 0 aliphatic carbocycles. The zero-order valence-electron chi connectivity index (χ0n) is 12.3. The molecule has 2 aromatic rings. The van der Waals surface area contributed by atoms with E-state index in [0.29, 0.717) is 6.54 Å². The summed E-state index contributed by atoms with van der Waals surface area (Å²) in [6.07, 6.45) is 6.02. The van der Waals surface area contributed by atoms with Crippen LogP contribution in [0.2, 0.25) is 0 Å². The number of aryl methyl sites for hydroxylation is 1. The molecule has 0 atom stereocenters. The van der Waals surface area contributed by atoms with Crippen LogP contribution < -0.4 is 10.2 Å². The number of aliphatic hydroxyl groups is 1. The van der Waals surface area contributed by atoms with Crippen LogP contribution in [0, 0.1) is 0 Å². The van der Waals surface area contributed by atoms with Crippen molar-refractivity contribution in [1.82, 2.24) is 4.98 Å². The Morgan fingerprint density at radius 2 is 2.14 bits per heavy atom. The molecule has 1 aliphatic rings. The van der Waals surface area contributed by atoms with Gasteiger partial charge < -0.3 is 15.3 Å². The van der Waals surface area contributed by atoms with E-state index in [1.54, 1.807) is 6.20 Å². The number of anilines is 2. The number of hydrogen-bond donors (Lipinski definition) is 2. The molecule has 0 radical (unpaired) electrons. The van der Waals surface area contributed by atoms with E-state index in [2.05, 4.69) is 46.5 Å². The third kappa shape index (κ3) is 3.00. The van der Waals surface area contributed by atoms with Gasteiger partial charge in [0.15, 0.2) is 0 Å². The summed E-state index contributed by atoms with van der Waals surface area (Å²) < 4.78 is 0. The monoisotopic (exact) mass is 283 g/mol. The molecule has 0 amide bonds. The molecule has 21 heavy (non-hydrogen) atoms. The predicted molar refractivity (Wildman–Crippen MR) is 86.8 cm³/mol. The standard InChI is InChI=1S/C17H21N3O/c1-20-7-2-3-14-9-13(4-5-17(14)20)15-10-16(12-18-11-15)19-6-8-21/h4-5,9-12,19,21H,2-3,6-8H2,1H3. The minimum atomic E-state index is 0.120. The summed E-state index contributed by atoms with van der Waals surface area (Å²) in [4.78, 5) is 6.61. The van der Waals surface area contributed by atoms with Crippen molar-refractivity contribution in [1.29, 1.82) is 0 Å². The van der Waals surface area contributed by atoms with Gasteiger partial charge in [-0.25, -0.2) is 0 Å². The summed E-state index contributed by atoms with van der Waals surface area (Å²) in [5, 5.41) is 12.0. The summed E-state index contributed by atoms with van der Waals surface area (Å²) in [5.41, 5.74) is 6.00. The normalized spacial score (nSPS) is 13.9. The van der Waals surface area contributed by atoms with E-state index in [-0.39, 0.29) is 6.61 Å². The SMILES string of the molecule is CN1CCCc2cc(-c3cncc(NCCO)c3)ccc21. The van der Waals surface area contributed by atoms with Gasteiger partial charge in [0.05, 0.1) is 12.3 Å². The van der Waals surface area contributed by atoms with E-state index < -0.39 is 0 Å². The van der Waals surface area contributed by atoms with Crippen molar-refractivity contribution in [3.05, 3.63) is 42.2 Å². The number of hydrogen-bond acceptors (Lipinski definition) is 4. The van der Waals surface area contributed by atoms with Gasteiger partial charge in [-0.05, 0) is 42.2 Å². The van der Waals surface area contributed by atoms with Crippen molar-refractivity contribution < 1.29 is 5.11 Å². The second kappa shape index (κ2) is 6.14. The van der Waals surface area contributed by atoms with Crippen molar-refractivity contribution in [3.8, 4) is 11.1 Å². The summed E-state index contributed by atoms with van der Waals surface area (Å²) in [6.45, 7) is 1.80. The van der Waals surface area contributed by atoms with Crippen molar-refractivity contribution in [3.63, 3.8) is 0 Å². The lowest BCUT2D eigenvalue weighted by atomic mass is 9.97. The lowest BCUT2D eigenvalue weighted by Crippen LogP contribution is -2.24. The van der Waals surface area contributed by atoms with Gasteiger partial charge in [0.25, 0.3) is 0 Å². The van der Waals surface area contributed by atoms with E-state index >= 15 is 0 Å². The highest BCUT2D eigenvalue weighted by atomic mass is 16.3. The first-order valence-electron chi connectivity index (χ1n) is 7.42. The minimum Gasteiger partial charge on any atom is -0.395 e. The van der Waals surface area contributed by atoms with Crippen molar-refractivity contribution >= 4 is 11.4 Å². The first-order chi connectivity index (χ1) is 10.3. The van der Waals surface area contributed by atoms with E-state index in [4.69, 9.17) is 5.11 Å². The Labute approximate surface area is 125 Å². The molecule has 1 aliphatic heterocycles. The van der Waals surface area contributed by atoms with Crippen LogP contribution in [0.25, 0.3) is 11.1 Å². The third-order valence-electron chi connectivity index (χ3n) is 3.94. The minimum absolute atomic E-state index is 0.120. The molecule has 2 N–H and O–H groups in total. The number of fused-ring (bicyclic) bond motifs is 1. The molecule has 0 fully saturated rings. The molecular formula is C17H21N3O. The largest absolute Gasteiger partial charge is 0.395 e. The lowest BCUT2D eigenvalue weighted by molar-refractivity contribution is 0.311. The zero-order valence-corrected chi connectivity index (χ0v) is 12.3. The van der Waals surface area contributed by atoms with Crippen LogP contribution in [0.3, 0.4) is 0 Å². The third-order valence-corrected chi connectivity index (χ3v) is 3.94. The van der Waals surface area contributed by atoms with Gasteiger partial charge >= 0.3 is 0 Å². The first-order valence-corrected chi connectivity index (χ1v) is 7.42. The second-order valence-corrected chi connectivity index (χ2v) is 5.48. The second-order valence-electron chi connectivity index (χ2n) is 5.48. The molecule has 4 nitrogen and oxygen atoms in total. The van der Waals surface area contributed by atoms with Gasteiger partial charge in [0.2, 0.25) is 0 Å². The molecule has 0 spiro atoms. The van der Waals surface area contributed by atoms with Gasteiger partial charge in [-0.2, -0.15) is 0 Å². The first kappa shape index (κ1) is 13.9. The molecular weight excluding hydrogens is 262 g/mol. The van der Waals surface area contributed by atoms with Gasteiger partial charge in [0.1, 0.15) is 0 Å². The average Bonchev–Trinajstić information content (AvgIpc) is 2.53. The smallest absolute Gasteiger partial charge is 0.0604 e. The fraction of sp³-hybridized carbons (Fsp3) is 0.353. The number of aromatic nitrogens is 1. The molecule has 0 unspecified atom stereocenters. The van der Waals surface area contributed by atoms with Crippen molar-refractivity contribution in [2.24, 2.45) is 0 Å². The summed E-state index contributed by atoms with van der Waals surface area (Å²) in [7, 11) is 2.15. The number of nitrogens with one attached hydrogen (secondary N) is 1. The molecule has 0 saturated heterocycles. The maximum Gasteiger partial charge on any atom is 0.0604 e. The van der Waals surface area contributed by atoms with Gasteiger partial charge in [-0.3, -0.25) is 4.98 Å². The zero-order chi connectivity index (χ0) is 14.7. The van der Waals surface area contributed by atoms with Crippen LogP contribution in [-0.4, -0.2) is 36.8 Å². The molecule has 1 aromatic carbocycles. The Hall–Kier alpha value is -2.07. The average molecular weight is 283 g/mol. The summed E-state index contributed by atoms with van der Waals surface area (Å²) in [5.74, 6) is 0. The molecule has 0 bridgehead atoms. The number of rotatable bonds is 4. The Kier molecular flexibility index (Phi) is 4.06. The molecule has 2 heterocycles. The van der Waals surface area contributed by atoms with Gasteiger partial charge in [-0.15, -0.1) is 0 Å². The highest BCUT2D eigenvalue weighted by Gasteiger charge is 2.14. The highest BCUT2D eigenvalue weighted by molar-refractivity contribution is 5.71. The van der Waals surface area contributed by atoms with Crippen LogP contribution in [0.4, 0.5) is 11.4 Å². The quantitative estimate of drug-likeness (QED) is 0.905. The number of pyridine rings is 1. The predicted octanol–water partition coefficient (Wildman–Crippen LogP) is 2.54. The molecule has 0 saturated carbocycles. The molecule has 1 aromatic heterocycles. The number of benzene rings is 1.